The van der Waals surface area contributed by atoms with Gasteiger partial charge in [-0.15, -0.1) is 11.3 Å². The largest absolute Gasteiger partial charge is 0.313 e. The van der Waals surface area contributed by atoms with Gasteiger partial charge < -0.3 is 10.6 Å². The van der Waals surface area contributed by atoms with Crippen molar-refractivity contribution in [3.8, 4) is 0 Å². The maximum absolute atomic E-state index is 4.25. The zero-order chi connectivity index (χ0) is 10.5. The molecule has 0 radical (unpaired) electrons. The van der Waals surface area contributed by atoms with Crippen LogP contribution in [0.2, 0.25) is 0 Å². The van der Waals surface area contributed by atoms with Crippen molar-refractivity contribution in [1.82, 2.24) is 15.6 Å². The lowest BCUT2D eigenvalue weighted by molar-refractivity contribution is 0.311. The molecule has 0 aliphatic carbocycles. The standard InChI is InChI=1S/C11H19N3S/c1-9-2-3-13-10(6-9)7-12-8-11-14-4-5-15-11/h4-5,9-10,12-13H,2-3,6-8H2,1H3. The van der Waals surface area contributed by atoms with Crippen LogP contribution in [0.15, 0.2) is 11.6 Å². The van der Waals surface area contributed by atoms with Gasteiger partial charge >= 0.3 is 0 Å². The second kappa shape index (κ2) is 5.58. The molecular formula is C11H19N3S. The average Bonchev–Trinajstić information content (AvgIpc) is 2.71. The number of aromatic nitrogens is 1. The van der Waals surface area contributed by atoms with Crippen molar-refractivity contribution in [3.05, 3.63) is 16.6 Å². The molecule has 2 rings (SSSR count). The summed E-state index contributed by atoms with van der Waals surface area (Å²) in [7, 11) is 0. The monoisotopic (exact) mass is 225 g/mol. The van der Waals surface area contributed by atoms with Crippen LogP contribution < -0.4 is 10.6 Å². The Labute approximate surface area is 95.3 Å². The highest BCUT2D eigenvalue weighted by Gasteiger charge is 2.17. The zero-order valence-electron chi connectivity index (χ0n) is 9.20. The molecule has 1 aliphatic rings. The van der Waals surface area contributed by atoms with E-state index in [0.717, 1.165) is 19.0 Å². The topological polar surface area (TPSA) is 37.0 Å². The van der Waals surface area contributed by atoms with Crippen LogP contribution in [0.25, 0.3) is 0 Å². The average molecular weight is 225 g/mol. The van der Waals surface area contributed by atoms with Gasteiger partial charge in [-0.3, -0.25) is 0 Å². The number of nitrogens with zero attached hydrogens (tertiary/aromatic N) is 1. The van der Waals surface area contributed by atoms with Crippen LogP contribution in [0, 0.1) is 5.92 Å². The first-order valence-corrected chi connectivity index (χ1v) is 6.55. The van der Waals surface area contributed by atoms with Crippen LogP contribution in [0.1, 0.15) is 24.8 Å². The molecule has 1 aliphatic heterocycles. The van der Waals surface area contributed by atoms with E-state index in [4.69, 9.17) is 0 Å². The van der Waals surface area contributed by atoms with Gasteiger partial charge in [0.15, 0.2) is 0 Å². The fourth-order valence-electron chi connectivity index (χ4n) is 2.07. The van der Waals surface area contributed by atoms with Crippen molar-refractivity contribution in [2.75, 3.05) is 13.1 Å². The molecule has 0 saturated carbocycles. The second-order valence-corrected chi connectivity index (χ2v) is 5.32. The second-order valence-electron chi connectivity index (χ2n) is 4.34. The van der Waals surface area contributed by atoms with E-state index in [9.17, 15) is 0 Å². The third-order valence-electron chi connectivity index (χ3n) is 2.91. The van der Waals surface area contributed by atoms with Crippen LogP contribution >= 0.6 is 11.3 Å². The summed E-state index contributed by atoms with van der Waals surface area (Å²) in [6.45, 7) is 5.48. The summed E-state index contributed by atoms with van der Waals surface area (Å²) in [5.41, 5.74) is 0. The third-order valence-corrected chi connectivity index (χ3v) is 3.69. The van der Waals surface area contributed by atoms with Crippen LogP contribution in [-0.2, 0) is 6.54 Å². The molecule has 15 heavy (non-hydrogen) atoms. The maximum Gasteiger partial charge on any atom is 0.106 e. The molecule has 1 aromatic rings. The van der Waals surface area contributed by atoms with Crippen LogP contribution in [0.5, 0.6) is 0 Å². The van der Waals surface area contributed by atoms with Crippen molar-refractivity contribution in [2.24, 2.45) is 5.92 Å². The summed E-state index contributed by atoms with van der Waals surface area (Å²) in [6, 6.07) is 0.647. The van der Waals surface area contributed by atoms with Crippen LogP contribution in [-0.4, -0.2) is 24.1 Å². The molecule has 0 spiro atoms. The predicted molar refractivity (Wildman–Crippen MR) is 64.0 cm³/mol. The molecule has 84 valence electrons. The molecule has 4 heteroatoms. The molecule has 2 N–H and O–H groups in total. The Morgan fingerprint density at radius 2 is 2.60 bits per heavy atom. The quantitative estimate of drug-likeness (QED) is 0.817. The molecular weight excluding hydrogens is 206 g/mol. The summed E-state index contributed by atoms with van der Waals surface area (Å²) < 4.78 is 0. The van der Waals surface area contributed by atoms with Gasteiger partial charge in [0.2, 0.25) is 0 Å². The van der Waals surface area contributed by atoms with Gasteiger partial charge in [0.1, 0.15) is 5.01 Å². The van der Waals surface area contributed by atoms with Crippen LogP contribution in [0.4, 0.5) is 0 Å². The normalized spacial score (nSPS) is 26.7. The van der Waals surface area contributed by atoms with E-state index in [1.165, 1.54) is 24.4 Å². The molecule has 0 aromatic carbocycles. The SMILES string of the molecule is CC1CCNC(CNCc2nccs2)C1. The molecule has 2 heterocycles. The van der Waals surface area contributed by atoms with Crippen molar-refractivity contribution >= 4 is 11.3 Å². The van der Waals surface area contributed by atoms with E-state index in [2.05, 4.69) is 22.5 Å². The summed E-state index contributed by atoms with van der Waals surface area (Å²) in [5, 5.41) is 10.2. The van der Waals surface area contributed by atoms with E-state index in [-0.39, 0.29) is 0 Å². The number of nitrogens with one attached hydrogen (secondary N) is 2. The molecule has 3 nitrogen and oxygen atoms in total. The summed E-state index contributed by atoms with van der Waals surface area (Å²) in [5.74, 6) is 0.873. The van der Waals surface area contributed by atoms with E-state index >= 15 is 0 Å². The number of hydrogen-bond acceptors (Lipinski definition) is 4. The fourth-order valence-corrected chi connectivity index (χ4v) is 2.66. The number of thiazole rings is 1. The van der Waals surface area contributed by atoms with Crippen molar-refractivity contribution in [2.45, 2.75) is 32.4 Å². The first-order chi connectivity index (χ1) is 7.34. The molecule has 0 amide bonds. The van der Waals surface area contributed by atoms with Gasteiger partial charge in [0.05, 0.1) is 0 Å². The molecule has 0 bridgehead atoms. The van der Waals surface area contributed by atoms with Gasteiger partial charge in [0.25, 0.3) is 0 Å². The lowest BCUT2D eigenvalue weighted by atomic mass is 9.94. The van der Waals surface area contributed by atoms with E-state index < -0.39 is 0 Å². The number of piperidine rings is 1. The van der Waals surface area contributed by atoms with E-state index in [1.807, 2.05) is 11.6 Å². The molecule has 1 saturated heterocycles. The minimum absolute atomic E-state index is 0.647. The maximum atomic E-state index is 4.25. The minimum atomic E-state index is 0.647. The molecule has 2 atom stereocenters. The zero-order valence-corrected chi connectivity index (χ0v) is 10.0. The molecule has 1 aromatic heterocycles. The molecule has 1 fully saturated rings. The first kappa shape index (κ1) is 11.0. The Morgan fingerprint density at radius 3 is 3.33 bits per heavy atom. The summed E-state index contributed by atoms with van der Waals surface area (Å²) >= 11 is 1.72. The Balaban J connectivity index is 1.65. The lowest BCUT2D eigenvalue weighted by Gasteiger charge is -2.28. The Kier molecular flexibility index (Phi) is 4.11. The highest BCUT2D eigenvalue weighted by atomic mass is 32.1. The number of rotatable bonds is 4. The summed E-state index contributed by atoms with van der Waals surface area (Å²) in [6.07, 6.45) is 4.48. The third kappa shape index (κ3) is 3.55. The Hall–Kier alpha value is -0.450. The van der Waals surface area contributed by atoms with Gasteiger partial charge in [0, 0.05) is 30.7 Å². The van der Waals surface area contributed by atoms with Crippen molar-refractivity contribution in [1.29, 1.82) is 0 Å². The predicted octanol–water partition coefficient (Wildman–Crippen LogP) is 1.62. The first-order valence-electron chi connectivity index (χ1n) is 5.67. The fraction of sp³-hybridized carbons (Fsp3) is 0.727. The lowest BCUT2D eigenvalue weighted by Crippen LogP contribution is -2.43. The van der Waals surface area contributed by atoms with Gasteiger partial charge in [-0.05, 0) is 25.3 Å². The van der Waals surface area contributed by atoms with Gasteiger partial charge in [-0.1, -0.05) is 6.92 Å². The summed E-state index contributed by atoms with van der Waals surface area (Å²) in [4.78, 5) is 4.25. The van der Waals surface area contributed by atoms with Crippen molar-refractivity contribution < 1.29 is 0 Å². The molecule has 2 unspecified atom stereocenters. The van der Waals surface area contributed by atoms with E-state index in [0.29, 0.717) is 6.04 Å². The Bertz CT molecular complexity index is 273. The van der Waals surface area contributed by atoms with Gasteiger partial charge in [-0.25, -0.2) is 4.98 Å². The van der Waals surface area contributed by atoms with Crippen LogP contribution in [0.3, 0.4) is 0 Å². The minimum Gasteiger partial charge on any atom is -0.313 e. The van der Waals surface area contributed by atoms with Crippen molar-refractivity contribution in [3.63, 3.8) is 0 Å². The van der Waals surface area contributed by atoms with Gasteiger partial charge in [-0.2, -0.15) is 0 Å². The van der Waals surface area contributed by atoms with E-state index in [1.54, 1.807) is 11.3 Å². The Morgan fingerprint density at radius 1 is 1.67 bits per heavy atom. The highest BCUT2D eigenvalue weighted by Crippen LogP contribution is 2.14. The highest BCUT2D eigenvalue weighted by molar-refractivity contribution is 7.09. The number of hydrogen-bond donors (Lipinski definition) is 2. The smallest absolute Gasteiger partial charge is 0.106 e.